The molecule has 6 nitrogen and oxygen atoms in total. The standard InChI is InChI=1S/C16H19N5OS3/c1-3-21-14(19-20-15(21)23-9-8-17-11(2)22)10-24-16-18-12-6-4-5-7-13(12)25-16/h4-7H,3,8-10H2,1-2H3,(H,17,22). The van der Waals surface area contributed by atoms with E-state index in [1.807, 2.05) is 18.2 Å². The molecule has 1 amide bonds. The summed E-state index contributed by atoms with van der Waals surface area (Å²) < 4.78 is 4.38. The molecular formula is C16H19N5OS3. The first-order valence-electron chi connectivity index (χ1n) is 7.95. The summed E-state index contributed by atoms with van der Waals surface area (Å²) in [6.07, 6.45) is 0. The van der Waals surface area contributed by atoms with E-state index in [1.165, 1.54) is 11.6 Å². The van der Waals surface area contributed by atoms with Crippen LogP contribution in [0.4, 0.5) is 0 Å². The number of thioether (sulfide) groups is 2. The van der Waals surface area contributed by atoms with Gasteiger partial charge in [-0.25, -0.2) is 4.98 Å². The number of nitrogens with one attached hydrogen (secondary N) is 1. The second kappa shape index (κ2) is 8.68. The molecule has 0 atom stereocenters. The molecule has 0 unspecified atom stereocenters. The lowest BCUT2D eigenvalue weighted by Crippen LogP contribution is -2.22. The van der Waals surface area contributed by atoms with Crippen molar-refractivity contribution < 1.29 is 4.79 Å². The van der Waals surface area contributed by atoms with Crippen LogP contribution in [0.3, 0.4) is 0 Å². The number of thiazole rings is 1. The van der Waals surface area contributed by atoms with Crippen molar-refractivity contribution in [3.05, 3.63) is 30.1 Å². The highest BCUT2D eigenvalue weighted by atomic mass is 32.2. The maximum atomic E-state index is 10.9. The topological polar surface area (TPSA) is 72.7 Å². The summed E-state index contributed by atoms with van der Waals surface area (Å²) in [4.78, 5) is 15.6. The first-order valence-corrected chi connectivity index (χ1v) is 10.7. The molecule has 0 aliphatic heterocycles. The van der Waals surface area contributed by atoms with Gasteiger partial charge >= 0.3 is 0 Å². The maximum absolute atomic E-state index is 10.9. The number of hydrogen-bond donors (Lipinski definition) is 1. The van der Waals surface area contributed by atoms with Crippen molar-refractivity contribution in [1.29, 1.82) is 0 Å². The number of carbonyl (C=O) groups is 1. The number of fused-ring (bicyclic) bond motifs is 1. The highest BCUT2D eigenvalue weighted by Gasteiger charge is 2.13. The maximum Gasteiger partial charge on any atom is 0.216 e. The largest absolute Gasteiger partial charge is 0.356 e. The zero-order valence-corrected chi connectivity index (χ0v) is 16.5. The average Bonchev–Trinajstić information content (AvgIpc) is 3.19. The number of nitrogens with zero attached hydrogens (tertiary/aromatic N) is 4. The van der Waals surface area contributed by atoms with Crippen LogP contribution >= 0.6 is 34.9 Å². The Morgan fingerprint density at radius 2 is 2.12 bits per heavy atom. The lowest BCUT2D eigenvalue weighted by atomic mass is 10.3. The highest BCUT2D eigenvalue weighted by molar-refractivity contribution is 8.00. The van der Waals surface area contributed by atoms with Crippen molar-refractivity contribution in [3.63, 3.8) is 0 Å². The van der Waals surface area contributed by atoms with Crippen molar-refractivity contribution in [2.75, 3.05) is 12.3 Å². The van der Waals surface area contributed by atoms with Gasteiger partial charge in [-0.3, -0.25) is 4.79 Å². The Labute approximate surface area is 158 Å². The van der Waals surface area contributed by atoms with Crippen molar-refractivity contribution >= 4 is 51.0 Å². The van der Waals surface area contributed by atoms with Gasteiger partial charge in [-0.15, -0.1) is 21.5 Å². The number of aromatic nitrogens is 4. The molecule has 132 valence electrons. The Kier molecular flexibility index (Phi) is 6.33. The first kappa shape index (κ1) is 18.2. The van der Waals surface area contributed by atoms with E-state index < -0.39 is 0 Å². The SMILES string of the molecule is CCn1c(CSc2nc3ccccc3s2)nnc1SCCNC(C)=O. The minimum absolute atomic E-state index is 0.00881. The Hall–Kier alpha value is -1.58. The Bertz CT molecular complexity index is 827. The van der Waals surface area contributed by atoms with Crippen LogP contribution < -0.4 is 5.32 Å². The fourth-order valence-electron chi connectivity index (χ4n) is 2.26. The number of carbonyl (C=O) groups excluding carboxylic acids is 1. The highest BCUT2D eigenvalue weighted by Crippen LogP contribution is 2.31. The molecule has 0 radical (unpaired) electrons. The summed E-state index contributed by atoms with van der Waals surface area (Å²) in [7, 11) is 0. The molecule has 2 heterocycles. The van der Waals surface area contributed by atoms with Crippen LogP contribution in [0.25, 0.3) is 10.2 Å². The molecule has 1 aromatic carbocycles. The van der Waals surface area contributed by atoms with Crippen LogP contribution in [-0.4, -0.2) is 38.0 Å². The third-order valence-corrected chi connectivity index (χ3v) is 6.56. The monoisotopic (exact) mass is 393 g/mol. The molecule has 0 aliphatic rings. The lowest BCUT2D eigenvalue weighted by Gasteiger charge is -2.06. The van der Waals surface area contributed by atoms with E-state index in [4.69, 9.17) is 0 Å². The van der Waals surface area contributed by atoms with Gasteiger partial charge in [0.2, 0.25) is 5.91 Å². The summed E-state index contributed by atoms with van der Waals surface area (Å²) >= 11 is 5.01. The van der Waals surface area contributed by atoms with Crippen LogP contribution in [0.5, 0.6) is 0 Å². The average molecular weight is 394 g/mol. The van der Waals surface area contributed by atoms with Crippen LogP contribution in [0, 0.1) is 0 Å². The van der Waals surface area contributed by atoms with Gasteiger partial charge in [-0.2, -0.15) is 0 Å². The first-order chi connectivity index (χ1) is 12.2. The molecule has 3 rings (SSSR count). The van der Waals surface area contributed by atoms with Crippen molar-refractivity contribution in [1.82, 2.24) is 25.1 Å². The molecule has 0 spiro atoms. The normalized spacial score (nSPS) is 11.1. The van der Waals surface area contributed by atoms with Crippen LogP contribution in [0.15, 0.2) is 33.8 Å². The van der Waals surface area contributed by atoms with Gasteiger partial charge in [0.25, 0.3) is 0 Å². The summed E-state index contributed by atoms with van der Waals surface area (Å²) in [6.45, 7) is 5.07. The Morgan fingerprint density at radius 3 is 2.88 bits per heavy atom. The Balaban J connectivity index is 1.61. The summed E-state index contributed by atoms with van der Waals surface area (Å²) in [5, 5.41) is 12.3. The van der Waals surface area contributed by atoms with Gasteiger partial charge in [0.1, 0.15) is 5.82 Å². The molecule has 3 aromatic rings. The molecule has 0 bridgehead atoms. The molecule has 2 aromatic heterocycles. The predicted octanol–water partition coefficient (Wildman–Crippen LogP) is 3.43. The van der Waals surface area contributed by atoms with Crippen LogP contribution in [0.2, 0.25) is 0 Å². The summed E-state index contributed by atoms with van der Waals surface area (Å²) in [5.74, 6) is 2.47. The van der Waals surface area contributed by atoms with E-state index in [0.29, 0.717) is 6.54 Å². The van der Waals surface area contributed by atoms with E-state index in [9.17, 15) is 4.79 Å². The number of amides is 1. The van der Waals surface area contributed by atoms with E-state index in [-0.39, 0.29) is 5.91 Å². The molecule has 0 aliphatic carbocycles. The zero-order chi connectivity index (χ0) is 17.6. The van der Waals surface area contributed by atoms with Crippen molar-refractivity contribution in [2.24, 2.45) is 0 Å². The molecule has 0 saturated carbocycles. The van der Waals surface area contributed by atoms with Gasteiger partial charge in [0.15, 0.2) is 9.50 Å². The molecule has 0 saturated heterocycles. The van der Waals surface area contributed by atoms with E-state index in [2.05, 4.69) is 38.1 Å². The van der Waals surface area contributed by atoms with Crippen LogP contribution in [0.1, 0.15) is 19.7 Å². The quantitative estimate of drug-likeness (QED) is 0.467. The molecular weight excluding hydrogens is 374 g/mol. The minimum atomic E-state index is -0.00881. The predicted molar refractivity (Wildman–Crippen MR) is 104 cm³/mol. The van der Waals surface area contributed by atoms with E-state index in [0.717, 1.165) is 38.9 Å². The van der Waals surface area contributed by atoms with Crippen molar-refractivity contribution in [2.45, 2.75) is 35.6 Å². The second-order valence-electron chi connectivity index (χ2n) is 5.21. The van der Waals surface area contributed by atoms with Crippen LogP contribution in [-0.2, 0) is 17.1 Å². The van der Waals surface area contributed by atoms with Gasteiger partial charge in [0, 0.05) is 25.8 Å². The number of benzene rings is 1. The summed E-state index contributed by atoms with van der Waals surface area (Å²) in [6, 6.07) is 8.17. The number of rotatable bonds is 8. The summed E-state index contributed by atoms with van der Waals surface area (Å²) in [5.41, 5.74) is 1.04. The second-order valence-corrected chi connectivity index (χ2v) is 8.53. The lowest BCUT2D eigenvalue weighted by molar-refractivity contribution is -0.118. The van der Waals surface area contributed by atoms with Crippen molar-refractivity contribution in [3.8, 4) is 0 Å². The third kappa shape index (κ3) is 4.74. The number of para-hydroxylation sites is 1. The molecule has 25 heavy (non-hydrogen) atoms. The van der Waals surface area contributed by atoms with Gasteiger partial charge in [0.05, 0.1) is 16.0 Å². The van der Waals surface area contributed by atoms with Gasteiger partial charge < -0.3 is 9.88 Å². The van der Waals surface area contributed by atoms with E-state index >= 15 is 0 Å². The fraction of sp³-hybridized carbons (Fsp3) is 0.375. The molecule has 9 heteroatoms. The fourth-order valence-corrected chi connectivity index (χ4v) is 5.14. The molecule has 0 fully saturated rings. The minimum Gasteiger partial charge on any atom is -0.356 e. The number of hydrogen-bond acceptors (Lipinski definition) is 7. The van der Waals surface area contributed by atoms with E-state index in [1.54, 1.807) is 34.9 Å². The smallest absolute Gasteiger partial charge is 0.216 e. The molecule has 1 N–H and O–H groups in total. The Morgan fingerprint density at radius 1 is 1.28 bits per heavy atom. The zero-order valence-electron chi connectivity index (χ0n) is 14.1. The third-order valence-electron chi connectivity index (χ3n) is 3.42. The van der Waals surface area contributed by atoms with Gasteiger partial charge in [-0.05, 0) is 19.1 Å². The van der Waals surface area contributed by atoms with Gasteiger partial charge in [-0.1, -0.05) is 35.7 Å².